The summed E-state index contributed by atoms with van der Waals surface area (Å²) in [5.74, 6) is 0.753. The molecule has 5 heteroatoms. The fourth-order valence-electron chi connectivity index (χ4n) is 3.38. The van der Waals surface area contributed by atoms with Crippen LogP contribution in [-0.2, 0) is 0 Å². The lowest BCUT2D eigenvalue weighted by Gasteiger charge is -2.19. The van der Waals surface area contributed by atoms with Crippen molar-refractivity contribution in [2.45, 2.75) is 52.9 Å². The molecule has 0 radical (unpaired) electrons. The van der Waals surface area contributed by atoms with Crippen LogP contribution in [0.15, 0.2) is 12.1 Å². The van der Waals surface area contributed by atoms with Gasteiger partial charge in [-0.05, 0) is 56.9 Å². The molecule has 0 bridgehead atoms. The lowest BCUT2D eigenvalue weighted by Crippen LogP contribution is -2.17. The van der Waals surface area contributed by atoms with Crippen LogP contribution in [0.2, 0.25) is 0 Å². The molecule has 0 atom stereocenters. The minimum absolute atomic E-state index is 0.170. The zero-order valence-electron chi connectivity index (χ0n) is 14.5. The lowest BCUT2D eigenvalue weighted by molar-refractivity contribution is 0.0893. The molecule has 0 aliphatic heterocycles. The van der Waals surface area contributed by atoms with E-state index in [0.29, 0.717) is 5.75 Å². The number of benzene rings is 1. The van der Waals surface area contributed by atoms with Gasteiger partial charge in [0.15, 0.2) is 10.9 Å². The number of carbonyl (C=O) groups is 1. The van der Waals surface area contributed by atoms with Gasteiger partial charge < -0.3 is 10.4 Å². The van der Waals surface area contributed by atoms with Crippen molar-refractivity contribution in [3.05, 3.63) is 33.8 Å². The summed E-state index contributed by atoms with van der Waals surface area (Å²) in [7, 11) is 0. The highest BCUT2D eigenvalue weighted by molar-refractivity contribution is 7.17. The van der Waals surface area contributed by atoms with Crippen LogP contribution < -0.4 is 5.32 Å². The second-order valence-corrected chi connectivity index (χ2v) is 7.72. The van der Waals surface area contributed by atoms with Crippen molar-refractivity contribution in [1.82, 2.24) is 4.98 Å². The third-order valence-electron chi connectivity index (χ3n) is 4.74. The second-order valence-electron chi connectivity index (χ2n) is 6.72. The summed E-state index contributed by atoms with van der Waals surface area (Å²) in [4.78, 5) is 18.1. The van der Waals surface area contributed by atoms with Gasteiger partial charge in [-0.2, -0.15) is 0 Å². The molecule has 2 N–H and O–H groups in total. The van der Waals surface area contributed by atoms with E-state index in [1.165, 1.54) is 17.8 Å². The number of nitrogens with one attached hydrogen (secondary N) is 1. The van der Waals surface area contributed by atoms with E-state index in [1.54, 1.807) is 0 Å². The van der Waals surface area contributed by atoms with E-state index in [1.807, 2.05) is 32.9 Å². The van der Waals surface area contributed by atoms with Gasteiger partial charge in [-0.3, -0.25) is 4.79 Å². The largest absolute Gasteiger partial charge is 0.507 e. The van der Waals surface area contributed by atoms with Crippen LogP contribution >= 0.6 is 11.3 Å². The molecular weight excluding hydrogens is 320 g/mol. The summed E-state index contributed by atoms with van der Waals surface area (Å²) < 4.78 is 0. The quantitative estimate of drug-likeness (QED) is 0.585. The molecule has 1 saturated carbocycles. The Morgan fingerprint density at radius 1 is 1.17 bits per heavy atom. The van der Waals surface area contributed by atoms with E-state index < -0.39 is 0 Å². The van der Waals surface area contributed by atoms with Crippen LogP contribution in [0.25, 0.3) is 0 Å². The monoisotopic (exact) mass is 344 g/mol. The molecular formula is C19H24N2O2S. The molecule has 1 aromatic heterocycles. The van der Waals surface area contributed by atoms with Crippen molar-refractivity contribution < 1.29 is 9.90 Å². The minimum Gasteiger partial charge on any atom is -0.507 e. The first-order chi connectivity index (χ1) is 11.5. The van der Waals surface area contributed by atoms with Gasteiger partial charge in [0.2, 0.25) is 0 Å². The standard InChI is InChI=1S/C19H24N2O2S/c1-11-9-15(10-12(2)16(11)22)21-19-20-13(3)18(24-19)17(23)14-7-5-4-6-8-14/h9-10,14,22H,4-8H2,1-3H3,(H,20,21). The number of carbonyl (C=O) groups excluding carboxylic acids is 1. The Morgan fingerprint density at radius 2 is 1.79 bits per heavy atom. The molecule has 1 aromatic carbocycles. The van der Waals surface area contributed by atoms with E-state index in [9.17, 15) is 9.90 Å². The number of aromatic hydroxyl groups is 1. The third kappa shape index (κ3) is 3.46. The van der Waals surface area contributed by atoms with Gasteiger partial charge in [-0.1, -0.05) is 30.6 Å². The van der Waals surface area contributed by atoms with Crippen molar-refractivity contribution in [1.29, 1.82) is 0 Å². The average Bonchev–Trinajstić information content (AvgIpc) is 2.93. The predicted molar refractivity (Wildman–Crippen MR) is 98.6 cm³/mol. The Balaban J connectivity index is 1.80. The normalized spacial score (nSPS) is 15.5. The second kappa shape index (κ2) is 6.93. The number of hydrogen-bond acceptors (Lipinski definition) is 5. The van der Waals surface area contributed by atoms with Gasteiger partial charge in [0, 0.05) is 11.6 Å². The summed E-state index contributed by atoms with van der Waals surface area (Å²) in [5, 5.41) is 13.9. The van der Waals surface area contributed by atoms with Crippen LogP contribution in [0, 0.1) is 26.7 Å². The average molecular weight is 344 g/mol. The first-order valence-corrected chi connectivity index (χ1v) is 9.36. The van der Waals surface area contributed by atoms with Crippen LogP contribution in [0.5, 0.6) is 5.75 Å². The number of Topliss-reactive ketones (excluding diaryl/α,β-unsaturated/α-hetero) is 1. The molecule has 1 aliphatic rings. The highest BCUT2D eigenvalue weighted by Crippen LogP contribution is 2.33. The van der Waals surface area contributed by atoms with E-state index in [0.717, 1.165) is 58.2 Å². The number of phenolic OH excluding ortho intramolecular Hbond substituents is 1. The summed E-state index contributed by atoms with van der Waals surface area (Å²) in [6.45, 7) is 5.66. The van der Waals surface area contributed by atoms with Gasteiger partial charge in [-0.15, -0.1) is 0 Å². The number of thiazole rings is 1. The molecule has 3 rings (SSSR count). The SMILES string of the molecule is Cc1cc(Nc2nc(C)c(C(=O)C3CCCCC3)s2)cc(C)c1O. The van der Waals surface area contributed by atoms with Crippen LogP contribution in [-0.4, -0.2) is 15.9 Å². The molecule has 2 aromatic rings. The predicted octanol–water partition coefficient (Wildman–Crippen LogP) is 5.28. The zero-order chi connectivity index (χ0) is 17.3. The van der Waals surface area contributed by atoms with E-state index in [4.69, 9.17) is 0 Å². The maximum atomic E-state index is 12.7. The highest BCUT2D eigenvalue weighted by atomic mass is 32.1. The minimum atomic E-state index is 0.170. The summed E-state index contributed by atoms with van der Waals surface area (Å²) in [6, 6.07) is 3.78. The number of ketones is 1. The maximum Gasteiger partial charge on any atom is 0.188 e. The smallest absolute Gasteiger partial charge is 0.188 e. The molecule has 0 unspecified atom stereocenters. The molecule has 4 nitrogen and oxygen atoms in total. The lowest BCUT2D eigenvalue weighted by atomic mass is 9.85. The fourth-order valence-corrected chi connectivity index (χ4v) is 4.39. The van der Waals surface area contributed by atoms with Crippen LogP contribution in [0.1, 0.15) is 58.6 Å². The molecule has 0 spiro atoms. The van der Waals surface area contributed by atoms with E-state index in [-0.39, 0.29) is 11.7 Å². The third-order valence-corrected chi connectivity index (χ3v) is 5.83. The molecule has 1 fully saturated rings. The number of hydrogen-bond donors (Lipinski definition) is 2. The zero-order valence-corrected chi connectivity index (χ0v) is 15.3. The topological polar surface area (TPSA) is 62.2 Å². The number of phenols is 1. The Bertz CT molecular complexity index is 738. The maximum absolute atomic E-state index is 12.7. The van der Waals surface area contributed by atoms with Crippen molar-refractivity contribution in [2.24, 2.45) is 5.92 Å². The van der Waals surface area contributed by atoms with Crippen molar-refractivity contribution in [2.75, 3.05) is 5.32 Å². The Kier molecular flexibility index (Phi) is 4.90. The number of rotatable bonds is 4. The number of aryl methyl sites for hydroxylation is 3. The number of nitrogens with zero attached hydrogens (tertiary/aromatic N) is 1. The summed E-state index contributed by atoms with van der Waals surface area (Å²) in [6.07, 6.45) is 5.58. The Morgan fingerprint density at radius 3 is 2.42 bits per heavy atom. The van der Waals surface area contributed by atoms with Gasteiger partial charge in [-0.25, -0.2) is 4.98 Å². The Labute approximate surface area is 146 Å². The van der Waals surface area contributed by atoms with Gasteiger partial charge >= 0.3 is 0 Å². The molecule has 0 amide bonds. The first kappa shape index (κ1) is 17.0. The fraction of sp³-hybridized carbons (Fsp3) is 0.474. The van der Waals surface area contributed by atoms with Crippen LogP contribution in [0.3, 0.4) is 0 Å². The van der Waals surface area contributed by atoms with E-state index in [2.05, 4.69) is 10.3 Å². The number of aromatic nitrogens is 1. The first-order valence-electron chi connectivity index (χ1n) is 8.54. The molecule has 24 heavy (non-hydrogen) atoms. The molecule has 0 saturated heterocycles. The number of anilines is 2. The summed E-state index contributed by atoms with van der Waals surface area (Å²) >= 11 is 1.44. The summed E-state index contributed by atoms with van der Waals surface area (Å²) in [5.41, 5.74) is 3.34. The highest BCUT2D eigenvalue weighted by Gasteiger charge is 2.26. The van der Waals surface area contributed by atoms with Gasteiger partial charge in [0.25, 0.3) is 0 Å². The molecule has 1 aliphatic carbocycles. The van der Waals surface area contributed by atoms with Gasteiger partial charge in [0.05, 0.1) is 10.6 Å². The van der Waals surface area contributed by atoms with Gasteiger partial charge in [0.1, 0.15) is 5.75 Å². The Hall–Kier alpha value is -1.88. The van der Waals surface area contributed by atoms with Crippen LogP contribution in [0.4, 0.5) is 10.8 Å². The molecule has 128 valence electrons. The molecule has 1 heterocycles. The van der Waals surface area contributed by atoms with Crippen molar-refractivity contribution in [3.63, 3.8) is 0 Å². The van der Waals surface area contributed by atoms with Crippen molar-refractivity contribution >= 4 is 27.9 Å². The van der Waals surface area contributed by atoms with Crippen molar-refractivity contribution in [3.8, 4) is 5.75 Å². The van der Waals surface area contributed by atoms with E-state index >= 15 is 0 Å².